The number of aliphatic carboxylic acids is 5. The van der Waals surface area contributed by atoms with Gasteiger partial charge in [0.05, 0.1) is 32.7 Å². The molecule has 5 N–H and O–H groups in total. The number of hydrogen-bond donors (Lipinski definition) is 5. The van der Waals surface area contributed by atoms with Crippen LogP contribution in [-0.2, 0) is 24.0 Å². The number of carbonyl (C=O) groups is 5. The maximum absolute atomic E-state index is 11.5. The lowest BCUT2D eigenvalue weighted by Gasteiger charge is -2.34. The van der Waals surface area contributed by atoms with E-state index in [9.17, 15) is 49.5 Å². The molecule has 0 bridgehead atoms. The van der Waals surface area contributed by atoms with Crippen LogP contribution in [0.5, 0.6) is 0 Å². The molecule has 1 rings (SSSR count). The molecule has 1 unspecified atom stereocenters. The number of carboxylic acid groups (broad SMARTS) is 5. The maximum Gasteiger partial charge on any atom is 0.317 e. The summed E-state index contributed by atoms with van der Waals surface area (Å²) >= 11 is 0. The predicted molar refractivity (Wildman–Crippen MR) is 125 cm³/mol. The van der Waals surface area contributed by atoms with E-state index < -0.39 is 35.9 Å². The fourth-order valence-corrected chi connectivity index (χ4v) is 4.05. The van der Waals surface area contributed by atoms with E-state index in [0.717, 1.165) is 0 Å². The van der Waals surface area contributed by atoms with Crippen LogP contribution in [0.15, 0.2) is 0 Å². The van der Waals surface area contributed by atoms with E-state index in [4.69, 9.17) is 0 Å². The van der Waals surface area contributed by atoms with Crippen molar-refractivity contribution in [3.8, 4) is 0 Å². The molecule has 0 aromatic carbocycles. The van der Waals surface area contributed by atoms with Crippen molar-refractivity contribution in [3.05, 3.63) is 0 Å². The van der Waals surface area contributed by atoms with Gasteiger partial charge in [-0.15, -0.1) is 0 Å². The summed E-state index contributed by atoms with van der Waals surface area (Å²) in [6.07, 6.45) is 0. The van der Waals surface area contributed by atoms with Crippen molar-refractivity contribution in [1.82, 2.24) is 24.5 Å². The van der Waals surface area contributed by atoms with Gasteiger partial charge < -0.3 is 25.5 Å². The van der Waals surface area contributed by atoms with Crippen LogP contribution in [0.3, 0.4) is 0 Å². The smallest absolute Gasteiger partial charge is 0.317 e. The molecule has 206 valence electrons. The summed E-state index contributed by atoms with van der Waals surface area (Å²) in [6, 6.07) is -0.395. The van der Waals surface area contributed by atoms with E-state index in [1.807, 2.05) is 0 Å². The highest BCUT2D eigenvalue weighted by Crippen LogP contribution is 2.06. The molecule has 1 saturated heterocycles. The molecule has 0 saturated carbocycles. The largest absolute Gasteiger partial charge is 0.480 e. The van der Waals surface area contributed by atoms with Crippen LogP contribution in [0.1, 0.15) is 6.92 Å². The zero-order valence-electron chi connectivity index (χ0n) is 20.5. The van der Waals surface area contributed by atoms with Crippen LogP contribution in [0.25, 0.3) is 0 Å². The summed E-state index contributed by atoms with van der Waals surface area (Å²) in [4.78, 5) is 65.0. The van der Waals surface area contributed by atoms with Crippen LogP contribution in [0.4, 0.5) is 0 Å². The second kappa shape index (κ2) is 16.0. The topological polar surface area (TPSA) is 203 Å². The van der Waals surface area contributed by atoms with Crippen molar-refractivity contribution in [2.75, 3.05) is 91.6 Å². The van der Waals surface area contributed by atoms with Crippen LogP contribution >= 0.6 is 0 Å². The van der Waals surface area contributed by atoms with Gasteiger partial charge in [-0.2, -0.15) is 0 Å². The van der Waals surface area contributed by atoms with E-state index in [1.54, 1.807) is 31.4 Å². The molecule has 15 heteroatoms. The highest BCUT2D eigenvalue weighted by Gasteiger charge is 2.24. The molecule has 36 heavy (non-hydrogen) atoms. The molecule has 1 heterocycles. The molecular formula is C21H37N5O10. The fraction of sp³-hybridized carbons (Fsp3) is 0.762. The Morgan fingerprint density at radius 2 is 0.778 bits per heavy atom. The minimum atomic E-state index is -1.09. The maximum atomic E-state index is 11.5. The Hall–Kier alpha value is -2.85. The number of nitrogens with zero attached hydrogens (tertiary/aromatic N) is 5. The van der Waals surface area contributed by atoms with Crippen molar-refractivity contribution in [3.63, 3.8) is 0 Å². The zero-order chi connectivity index (χ0) is 27.3. The van der Waals surface area contributed by atoms with Gasteiger partial charge in [-0.3, -0.25) is 48.5 Å². The average Bonchev–Trinajstić information content (AvgIpc) is 2.73. The van der Waals surface area contributed by atoms with Crippen molar-refractivity contribution >= 4 is 29.8 Å². The van der Waals surface area contributed by atoms with Crippen LogP contribution in [0, 0.1) is 0 Å². The summed E-state index contributed by atoms with van der Waals surface area (Å²) in [5.41, 5.74) is 0. The van der Waals surface area contributed by atoms with E-state index in [1.165, 1.54) is 0 Å². The lowest BCUT2D eigenvalue weighted by molar-refractivity contribution is -0.141. The van der Waals surface area contributed by atoms with Crippen molar-refractivity contribution < 1.29 is 49.5 Å². The summed E-state index contributed by atoms with van der Waals surface area (Å²) in [5, 5.41) is 46.6. The lowest BCUT2D eigenvalue weighted by Crippen LogP contribution is -2.50. The van der Waals surface area contributed by atoms with Crippen molar-refractivity contribution in [2.45, 2.75) is 13.0 Å². The van der Waals surface area contributed by atoms with E-state index in [-0.39, 0.29) is 91.6 Å². The molecule has 0 amide bonds. The molecule has 0 aromatic heterocycles. The first kappa shape index (κ1) is 31.2. The third-order valence-corrected chi connectivity index (χ3v) is 5.82. The monoisotopic (exact) mass is 519 g/mol. The summed E-state index contributed by atoms with van der Waals surface area (Å²) in [5.74, 6) is -5.44. The molecule has 0 radical (unpaired) electrons. The van der Waals surface area contributed by atoms with Gasteiger partial charge in [0.15, 0.2) is 0 Å². The van der Waals surface area contributed by atoms with Gasteiger partial charge in [-0.05, 0) is 6.92 Å². The van der Waals surface area contributed by atoms with Crippen molar-refractivity contribution in [1.29, 1.82) is 0 Å². The Labute approximate surface area is 209 Å². The average molecular weight is 520 g/mol. The molecule has 15 nitrogen and oxygen atoms in total. The predicted octanol–water partition coefficient (Wildman–Crippen LogP) is -2.68. The van der Waals surface area contributed by atoms with Gasteiger partial charge in [0.25, 0.3) is 0 Å². The Bertz CT molecular complexity index is 767. The fourth-order valence-electron chi connectivity index (χ4n) is 4.05. The van der Waals surface area contributed by atoms with Gasteiger partial charge >= 0.3 is 29.8 Å². The number of carboxylic acids is 5. The minimum absolute atomic E-state index is 0.199. The quantitative estimate of drug-likeness (QED) is 0.200. The molecule has 0 aliphatic carbocycles. The first-order chi connectivity index (χ1) is 16.8. The Kier molecular flexibility index (Phi) is 13.9. The van der Waals surface area contributed by atoms with Crippen LogP contribution < -0.4 is 0 Å². The number of hydrogen-bond acceptors (Lipinski definition) is 10. The van der Waals surface area contributed by atoms with Gasteiger partial charge in [0, 0.05) is 64.9 Å². The van der Waals surface area contributed by atoms with Crippen LogP contribution in [-0.4, -0.2) is 178 Å². The Balaban J connectivity index is 3.23. The van der Waals surface area contributed by atoms with Gasteiger partial charge in [-0.1, -0.05) is 0 Å². The third-order valence-electron chi connectivity index (χ3n) is 5.82. The summed E-state index contributed by atoms with van der Waals surface area (Å²) in [7, 11) is 0. The molecule has 1 aliphatic heterocycles. The first-order valence-corrected chi connectivity index (χ1v) is 11.6. The molecular weight excluding hydrogens is 482 g/mol. The van der Waals surface area contributed by atoms with Crippen LogP contribution in [0.2, 0.25) is 0 Å². The van der Waals surface area contributed by atoms with Gasteiger partial charge in [0.2, 0.25) is 0 Å². The minimum Gasteiger partial charge on any atom is -0.480 e. The van der Waals surface area contributed by atoms with E-state index in [0.29, 0.717) is 0 Å². The van der Waals surface area contributed by atoms with E-state index in [2.05, 4.69) is 0 Å². The summed E-state index contributed by atoms with van der Waals surface area (Å²) in [6.45, 7) is 1.95. The normalized spacial score (nSPS) is 21.3. The summed E-state index contributed by atoms with van der Waals surface area (Å²) < 4.78 is 0. The molecule has 1 aliphatic rings. The van der Waals surface area contributed by atoms with Crippen molar-refractivity contribution in [2.24, 2.45) is 0 Å². The second-order valence-electron chi connectivity index (χ2n) is 8.85. The Morgan fingerprint density at radius 3 is 1.11 bits per heavy atom. The lowest BCUT2D eigenvalue weighted by atomic mass is 10.2. The molecule has 0 spiro atoms. The number of rotatable bonds is 10. The molecule has 1 atom stereocenters. The van der Waals surface area contributed by atoms with Gasteiger partial charge in [0.1, 0.15) is 0 Å². The standard InChI is InChI=1S/C21H37N5O10/c1-16-10-25(14-20(33)34)7-6-23(12-18(29)30)3-2-22(11-17(27)28)4-5-24(13-19(31)32)8-9-26(16)15-21(35)36/h16H,2-15H2,1H3,(H,27,28)(H,29,30)(H,31,32)(H,33,34)(H,35,36). The third kappa shape index (κ3) is 13.9. The highest BCUT2D eigenvalue weighted by atomic mass is 16.4. The van der Waals surface area contributed by atoms with E-state index >= 15 is 0 Å². The zero-order valence-corrected chi connectivity index (χ0v) is 20.5. The Morgan fingerprint density at radius 1 is 0.500 bits per heavy atom. The molecule has 1 fully saturated rings. The first-order valence-electron chi connectivity index (χ1n) is 11.6. The highest BCUT2D eigenvalue weighted by molar-refractivity contribution is 5.70. The SMILES string of the molecule is CC1CN(CC(=O)O)CCN(CC(=O)O)CCN(CC(=O)O)CCN(CC(=O)O)CCN1CC(=O)O. The van der Waals surface area contributed by atoms with Gasteiger partial charge in [-0.25, -0.2) is 0 Å². The second-order valence-corrected chi connectivity index (χ2v) is 8.85. The molecule has 0 aromatic rings.